The van der Waals surface area contributed by atoms with Gasteiger partial charge in [-0.15, -0.1) is 0 Å². The standard InChI is InChI=1S/C20H30O3/c1-16(2)7-5-8-17(3)12-14-23-13-6-9-18-10-11-19(21)20(15-18)22-4/h6-7,9-11,15,17,21H,5,8,12-14H2,1-4H3/b9-6+/t17-/m0/s1. The Balaban J connectivity index is 2.20. The van der Waals surface area contributed by atoms with Gasteiger partial charge in [-0.25, -0.2) is 0 Å². The first-order chi connectivity index (χ1) is 11.0. The summed E-state index contributed by atoms with van der Waals surface area (Å²) in [5, 5.41) is 9.54. The molecular weight excluding hydrogens is 288 g/mol. The molecule has 0 fully saturated rings. The van der Waals surface area contributed by atoms with Gasteiger partial charge in [0.25, 0.3) is 0 Å². The zero-order chi connectivity index (χ0) is 17.1. The summed E-state index contributed by atoms with van der Waals surface area (Å²) in [6.07, 6.45) is 9.73. The van der Waals surface area contributed by atoms with Gasteiger partial charge in [0, 0.05) is 6.61 Å². The second-order valence-corrected chi connectivity index (χ2v) is 6.16. The number of aromatic hydroxyl groups is 1. The van der Waals surface area contributed by atoms with Crippen molar-refractivity contribution in [1.82, 2.24) is 0 Å². The van der Waals surface area contributed by atoms with Crippen LogP contribution in [0.5, 0.6) is 11.5 Å². The molecule has 0 radical (unpaired) electrons. The summed E-state index contributed by atoms with van der Waals surface area (Å²) in [6.45, 7) is 7.96. The van der Waals surface area contributed by atoms with Crippen molar-refractivity contribution in [3.05, 3.63) is 41.5 Å². The molecule has 1 N–H and O–H groups in total. The Hall–Kier alpha value is -1.74. The predicted octanol–water partition coefficient (Wildman–Crippen LogP) is 5.20. The number of ether oxygens (including phenoxy) is 2. The molecule has 0 amide bonds. The van der Waals surface area contributed by atoms with Crippen molar-refractivity contribution < 1.29 is 14.6 Å². The van der Waals surface area contributed by atoms with Crippen molar-refractivity contribution in [2.75, 3.05) is 20.3 Å². The molecule has 0 aromatic heterocycles. The monoisotopic (exact) mass is 318 g/mol. The van der Waals surface area contributed by atoms with Gasteiger partial charge in [0.2, 0.25) is 0 Å². The normalized spacial score (nSPS) is 12.3. The zero-order valence-electron chi connectivity index (χ0n) is 14.8. The first-order valence-corrected chi connectivity index (χ1v) is 8.27. The third-order valence-electron chi connectivity index (χ3n) is 3.70. The number of benzene rings is 1. The van der Waals surface area contributed by atoms with E-state index in [1.807, 2.05) is 18.2 Å². The smallest absolute Gasteiger partial charge is 0.161 e. The average molecular weight is 318 g/mol. The highest BCUT2D eigenvalue weighted by molar-refractivity contribution is 5.55. The SMILES string of the molecule is COc1cc(/C=C/COCC[C@@H](C)CCC=C(C)C)ccc1O. The van der Waals surface area contributed by atoms with E-state index in [0.29, 0.717) is 18.3 Å². The molecule has 1 aromatic carbocycles. The summed E-state index contributed by atoms with van der Waals surface area (Å²) in [6, 6.07) is 5.28. The Morgan fingerprint density at radius 1 is 1.26 bits per heavy atom. The van der Waals surface area contributed by atoms with Crippen molar-refractivity contribution in [3.63, 3.8) is 0 Å². The van der Waals surface area contributed by atoms with Gasteiger partial charge >= 0.3 is 0 Å². The number of hydrogen-bond acceptors (Lipinski definition) is 3. The van der Waals surface area contributed by atoms with Gasteiger partial charge in [0.05, 0.1) is 13.7 Å². The number of phenolic OH excluding ortho intramolecular Hbond substituents is 1. The summed E-state index contributed by atoms with van der Waals surface area (Å²) < 4.78 is 10.7. The zero-order valence-corrected chi connectivity index (χ0v) is 14.8. The second-order valence-electron chi connectivity index (χ2n) is 6.16. The first kappa shape index (κ1) is 19.3. The Labute approximate surface area is 140 Å². The maximum Gasteiger partial charge on any atom is 0.161 e. The molecule has 0 saturated carbocycles. The molecule has 0 heterocycles. The fraction of sp³-hybridized carbons (Fsp3) is 0.500. The molecule has 0 aliphatic rings. The molecule has 0 spiro atoms. The molecule has 0 bridgehead atoms. The number of hydrogen-bond donors (Lipinski definition) is 1. The van der Waals surface area contributed by atoms with Gasteiger partial charge in [0.15, 0.2) is 11.5 Å². The maximum absolute atomic E-state index is 9.54. The lowest BCUT2D eigenvalue weighted by Gasteiger charge is -2.09. The summed E-state index contributed by atoms with van der Waals surface area (Å²) >= 11 is 0. The topological polar surface area (TPSA) is 38.7 Å². The van der Waals surface area contributed by atoms with E-state index in [4.69, 9.17) is 9.47 Å². The Kier molecular flexibility index (Phi) is 9.15. The minimum atomic E-state index is 0.156. The third kappa shape index (κ3) is 8.46. The molecule has 0 saturated heterocycles. The van der Waals surface area contributed by atoms with E-state index in [-0.39, 0.29) is 5.75 Å². The van der Waals surface area contributed by atoms with Crippen LogP contribution in [0.15, 0.2) is 35.9 Å². The number of phenols is 1. The van der Waals surface area contributed by atoms with Gasteiger partial charge in [-0.1, -0.05) is 36.8 Å². The second kappa shape index (κ2) is 10.9. The van der Waals surface area contributed by atoms with Crippen LogP contribution in [0.2, 0.25) is 0 Å². The lowest BCUT2D eigenvalue weighted by molar-refractivity contribution is 0.146. The van der Waals surface area contributed by atoms with Crippen LogP contribution >= 0.6 is 0 Å². The third-order valence-corrected chi connectivity index (χ3v) is 3.70. The highest BCUT2D eigenvalue weighted by atomic mass is 16.5. The van der Waals surface area contributed by atoms with Crippen molar-refractivity contribution in [2.24, 2.45) is 5.92 Å². The lowest BCUT2D eigenvalue weighted by atomic mass is 10.0. The number of rotatable bonds is 10. The van der Waals surface area contributed by atoms with E-state index in [1.54, 1.807) is 19.2 Å². The van der Waals surface area contributed by atoms with E-state index in [0.717, 1.165) is 25.0 Å². The Bertz CT molecular complexity index is 514. The molecule has 1 rings (SSSR count). The molecule has 3 nitrogen and oxygen atoms in total. The Morgan fingerprint density at radius 3 is 2.74 bits per heavy atom. The van der Waals surface area contributed by atoms with Gasteiger partial charge in [-0.05, 0) is 56.7 Å². The summed E-state index contributed by atoms with van der Waals surface area (Å²) in [7, 11) is 1.55. The van der Waals surface area contributed by atoms with Crippen LogP contribution in [-0.2, 0) is 4.74 Å². The number of allylic oxidation sites excluding steroid dienone is 2. The van der Waals surface area contributed by atoms with E-state index in [1.165, 1.54) is 12.0 Å². The number of methoxy groups -OCH3 is 1. The van der Waals surface area contributed by atoms with E-state index >= 15 is 0 Å². The van der Waals surface area contributed by atoms with Crippen molar-refractivity contribution >= 4 is 6.08 Å². The minimum Gasteiger partial charge on any atom is -0.504 e. The fourth-order valence-electron chi connectivity index (χ4n) is 2.22. The van der Waals surface area contributed by atoms with Crippen molar-refractivity contribution in [3.8, 4) is 11.5 Å². The van der Waals surface area contributed by atoms with Crippen LogP contribution < -0.4 is 4.74 Å². The van der Waals surface area contributed by atoms with E-state index < -0.39 is 0 Å². The molecule has 0 aliphatic heterocycles. The van der Waals surface area contributed by atoms with Crippen LogP contribution in [0.3, 0.4) is 0 Å². The molecule has 1 aromatic rings. The summed E-state index contributed by atoms with van der Waals surface area (Å²) in [4.78, 5) is 0. The highest BCUT2D eigenvalue weighted by Crippen LogP contribution is 2.26. The van der Waals surface area contributed by atoms with Gasteiger partial charge in [0.1, 0.15) is 0 Å². The molecule has 0 unspecified atom stereocenters. The largest absolute Gasteiger partial charge is 0.504 e. The average Bonchev–Trinajstić information content (AvgIpc) is 2.51. The summed E-state index contributed by atoms with van der Waals surface area (Å²) in [5.74, 6) is 1.33. The van der Waals surface area contributed by atoms with Crippen LogP contribution in [0, 0.1) is 5.92 Å². The van der Waals surface area contributed by atoms with E-state index in [2.05, 4.69) is 26.8 Å². The van der Waals surface area contributed by atoms with Crippen LogP contribution in [0.25, 0.3) is 6.08 Å². The van der Waals surface area contributed by atoms with Gasteiger partial charge < -0.3 is 14.6 Å². The van der Waals surface area contributed by atoms with Crippen molar-refractivity contribution in [1.29, 1.82) is 0 Å². The molecular formula is C20H30O3. The van der Waals surface area contributed by atoms with E-state index in [9.17, 15) is 5.11 Å². The van der Waals surface area contributed by atoms with Crippen LogP contribution in [-0.4, -0.2) is 25.4 Å². The molecule has 23 heavy (non-hydrogen) atoms. The lowest BCUT2D eigenvalue weighted by Crippen LogP contribution is -2.02. The van der Waals surface area contributed by atoms with Crippen LogP contribution in [0.1, 0.15) is 45.6 Å². The minimum absolute atomic E-state index is 0.156. The highest BCUT2D eigenvalue weighted by Gasteiger charge is 2.01. The Morgan fingerprint density at radius 2 is 2.04 bits per heavy atom. The van der Waals surface area contributed by atoms with Gasteiger partial charge in [-0.3, -0.25) is 0 Å². The van der Waals surface area contributed by atoms with Crippen molar-refractivity contribution in [2.45, 2.75) is 40.0 Å². The fourth-order valence-corrected chi connectivity index (χ4v) is 2.22. The van der Waals surface area contributed by atoms with Gasteiger partial charge in [-0.2, -0.15) is 0 Å². The molecule has 128 valence electrons. The van der Waals surface area contributed by atoms with Crippen LogP contribution in [0.4, 0.5) is 0 Å². The summed E-state index contributed by atoms with van der Waals surface area (Å²) in [5.41, 5.74) is 2.38. The maximum atomic E-state index is 9.54. The quantitative estimate of drug-likeness (QED) is 0.476. The first-order valence-electron chi connectivity index (χ1n) is 8.27. The molecule has 0 aliphatic carbocycles. The molecule has 3 heteroatoms. The molecule has 1 atom stereocenters. The predicted molar refractivity (Wildman–Crippen MR) is 97.0 cm³/mol.